The Kier molecular flexibility index (Phi) is 9.04. The van der Waals surface area contributed by atoms with Crippen LogP contribution in [0.15, 0.2) is 0 Å². The maximum atomic E-state index is 11.9. The molecule has 1 fully saturated rings. The second kappa shape index (κ2) is 10.0. The van der Waals surface area contributed by atoms with Crippen LogP contribution in [0.25, 0.3) is 0 Å². The lowest BCUT2D eigenvalue weighted by Gasteiger charge is -2.46. The number of hydrogen-bond acceptors (Lipinski definition) is 5. The molecule has 1 N–H and O–H groups in total. The van der Waals surface area contributed by atoms with Gasteiger partial charge in [0.2, 0.25) is 0 Å². The van der Waals surface area contributed by atoms with Crippen LogP contribution in [0, 0.1) is 22.7 Å². The third-order valence-electron chi connectivity index (χ3n) is 6.15. The third kappa shape index (κ3) is 6.50. The Labute approximate surface area is 159 Å². The zero-order chi connectivity index (χ0) is 20.0. The van der Waals surface area contributed by atoms with Crippen LogP contribution in [0.2, 0.25) is 0 Å². The highest BCUT2D eigenvalue weighted by molar-refractivity contribution is 5.72. The number of aliphatic hydroxyl groups is 1. The molecule has 0 aromatic heterocycles. The molecule has 0 aromatic rings. The van der Waals surface area contributed by atoms with Gasteiger partial charge in [0.15, 0.2) is 13.1 Å². The van der Waals surface area contributed by atoms with E-state index < -0.39 is 6.29 Å². The SMILES string of the molecule is COCOC(=O)C1CCC(OC(O)C(C)(CCC(C)C)C(C)(C)C)CC1. The van der Waals surface area contributed by atoms with Gasteiger partial charge < -0.3 is 19.3 Å². The van der Waals surface area contributed by atoms with Gasteiger partial charge in [-0.25, -0.2) is 0 Å². The number of hydrogen-bond donors (Lipinski definition) is 1. The Bertz CT molecular complexity index is 421. The number of ether oxygens (including phenoxy) is 3. The molecule has 0 spiro atoms. The van der Waals surface area contributed by atoms with Crippen LogP contribution >= 0.6 is 0 Å². The summed E-state index contributed by atoms with van der Waals surface area (Å²) in [6.45, 7) is 13.1. The molecule has 0 bridgehead atoms. The van der Waals surface area contributed by atoms with Crippen molar-refractivity contribution in [2.45, 2.75) is 92.5 Å². The number of methoxy groups -OCH3 is 1. The second-order valence-electron chi connectivity index (χ2n) is 9.43. The predicted octanol–water partition coefficient (Wildman–Crippen LogP) is 4.52. The summed E-state index contributed by atoms with van der Waals surface area (Å²) in [5.41, 5.74) is -0.381. The maximum absolute atomic E-state index is 11.9. The van der Waals surface area contributed by atoms with Crippen LogP contribution in [0.3, 0.4) is 0 Å². The van der Waals surface area contributed by atoms with Gasteiger partial charge in [-0.3, -0.25) is 4.79 Å². The maximum Gasteiger partial charge on any atom is 0.311 e. The van der Waals surface area contributed by atoms with Gasteiger partial charge in [0.1, 0.15) is 0 Å². The quantitative estimate of drug-likeness (QED) is 0.476. The topological polar surface area (TPSA) is 65.0 Å². The normalized spacial score (nSPS) is 25.0. The van der Waals surface area contributed by atoms with E-state index in [1.807, 2.05) is 0 Å². The molecule has 26 heavy (non-hydrogen) atoms. The fraction of sp³-hybridized carbons (Fsp3) is 0.952. The monoisotopic (exact) mass is 372 g/mol. The van der Waals surface area contributed by atoms with Gasteiger partial charge in [0.25, 0.3) is 0 Å². The summed E-state index contributed by atoms with van der Waals surface area (Å²) in [6, 6.07) is 0. The van der Waals surface area contributed by atoms with Crippen molar-refractivity contribution in [3.05, 3.63) is 0 Å². The van der Waals surface area contributed by atoms with Crippen LogP contribution in [-0.2, 0) is 19.0 Å². The van der Waals surface area contributed by atoms with Gasteiger partial charge in [-0.05, 0) is 43.4 Å². The minimum absolute atomic E-state index is 0.00259. The molecule has 1 aliphatic rings. The zero-order valence-corrected chi connectivity index (χ0v) is 17.8. The van der Waals surface area contributed by atoms with Gasteiger partial charge in [-0.15, -0.1) is 0 Å². The number of rotatable bonds is 9. The zero-order valence-electron chi connectivity index (χ0n) is 17.8. The number of esters is 1. The van der Waals surface area contributed by atoms with Gasteiger partial charge >= 0.3 is 5.97 Å². The first-order valence-corrected chi connectivity index (χ1v) is 10.0. The number of carbonyl (C=O) groups is 1. The van der Waals surface area contributed by atoms with Gasteiger partial charge in [0, 0.05) is 12.5 Å². The van der Waals surface area contributed by atoms with Crippen molar-refractivity contribution in [2.75, 3.05) is 13.9 Å². The van der Waals surface area contributed by atoms with E-state index in [1.54, 1.807) is 0 Å². The average Bonchev–Trinajstić information content (AvgIpc) is 2.56. The molecule has 1 rings (SSSR count). The highest BCUT2D eigenvalue weighted by Gasteiger charge is 2.45. The molecule has 0 saturated heterocycles. The first-order valence-electron chi connectivity index (χ1n) is 10.0. The second-order valence-corrected chi connectivity index (χ2v) is 9.43. The summed E-state index contributed by atoms with van der Waals surface area (Å²) in [5, 5.41) is 10.9. The predicted molar refractivity (Wildman–Crippen MR) is 102 cm³/mol. The molecule has 0 amide bonds. The van der Waals surface area contributed by atoms with E-state index in [1.165, 1.54) is 7.11 Å². The molecule has 0 heterocycles. The smallest absolute Gasteiger partial charge is 0.311 e. The van der Waals surface area contributed by atoms with Crippen LogP contribution in [-0.4, -0.2) is 37.4 Å². The first-order chi connectivity index (χ1) is 12.0. The van der Waals surface area contributed by atoms with Crippen molar-refractivity contribution in [3.8, 4) is 0 Å². The number of carbonyl (C=O) groups excluding carboxylic acids is 1. The lowest BCUT2D eigenvalue weighted by atomic mass is 9.64. The van der Waals surface area contributed by atoms with E-state index in [0.717, 1.165) is 38.5 Å². The lowest BCUT2D eigenvalue weighted by molar-refractivity contribution is -0.232. The fourth-order valence-corrected chi connectivity index (χ4v) is 3.46. The van der Waals surface area contributed by atoms with E-state index >= 15 is 0 Å². The summed E-state index contributed by atoms with van der Waals surface area (Å²) >= 11 is 0. The molecule has 5 nitrogen and oxygen atoms in total. The molecule has 0 radical (unpaired) electrons. The Morgan fingerprint density at radius 3 is 2.15 bits per heavy atom. The van der Waals surface area contributed by atoms with Crippen molar-refractivity contribution >= 4 is 5.97 Å². The summed E-state index contributed by atoms with van der Waals surface area (Å²) in [7, 11) is 1.50. The molecule has 1 aliphatic carbocycles. The Hall–Kier alpha value is -0.650. The average molecular weight is 373 g/mol. The van der Waals surface area contributed by atoms with Gasteiger partial charge in [0.05, 0.1) is 12.0 Å². The third-order valence-corrected chi connectivity index (χ3v) is 6.15. The molecule has 2 atom stereocenters. The molecule has 1 saturated carbocycles. The van der Waals surface area contributed by atoms with Crippen LogP contribution in [0.5, 0.6) is 0 Å². The minimum Gasteiger partial charge on any atom is -0.438 e. The Balaban J connectivity index is 2.60. The molecular formula is C21H40O5. The van der Waals surface area contributed by atoms with Gasteiger partial charge in [-0.2, -0.15) is 0 Å². The van der Waals surface area contributed by atoms with Crippen LogP contribution in [0.4, 0.5) is 0 Å². The summed E-state index contributed by atoms with van der Waals surface area (Å²) in [6.07, 6.45) is 4.19. The van der Waals surface area contributed by atoms with E-state index in [2.05, 4.69) is 41.5 Å². The van der Waals surface area contributed by atoms with Crippen LogP contribution in [0.1, 0.15) is 80.1 Å². The fourth-order valence-electron chi connectivity index (χ4n) is 3.46. The first kappa shape index (κ1) is 23.4. The van der Waals surface area contributed by atoms with Gasteiger partial charge in [-0.1, -0.05) is 48.0 Å². The molecule has 0 aliphatic heterocycles. The largest absolute Gasteiger partial charge is 0.438 e. The van der Waals surface area contributed by atoms with Crippen molar-refractivity contribution in [1.82, 2.24) is 0 Å². The van der Waals surface area contributed by atoms with Crippen LogP contribution < -0.4 is 0 Å². The molecule has 154 valence electrons. The van der Waals surface area contributed by atoms with Crippen molar-refractivity contribution in [1.29, 1.82) is 0 Å². The van der Waals surface area contributed by atoms with Crippen molar-refractivity contribution in [2.24, 2.45) is 22.7 Å². The van der Waals surface area contributed by atoms with E-state index in [9.17, 15) is 9.90 Å². The van der Waals surface area contributed by atoms with E-state index in [-0.39, 0.29) is 35.6 Å². The number of aliphatic hydroxyl groups excluding tert-OH is 1. The highest BCUT2D eigenvalue weighted by Crippen LogP contribution is 2.47. The Morgan fingerprint density at radius 2 is 1.69 bits per heavy atom. The minimum atomic E-state index is -0.803. The van der Waals surface area contributed by atoms with E-state index in [0.29, 0.717) is 5.92 Å². The standard InChI is InChI=1S/C21H40O5/c1-15(2)12-13-21(6,20(3,4)5)19(23)26-17-10-8-16(9-11-17)18(22)25-14-24-7/h15-17,19,23H,8-14H2,1-7H3. The molecule has 2 unspecified atom stereocenters. The molecule has 5 heteroatoms. The van der Waals surface area contributed by atoms with E-state index in [4.69, 9.17) is 14.2 Å². The highest BCUT2D eigenvalue weighted by atomic mass is 16.7. The van der Waals surface area contributed by atoms with Crippen molar-refractivity contribution in [3.63, 3.8) is 0 Å². The van der Waals surface area contributed by atoms with Crippen molar-refractivity contribution < 1.29 is 24.1 Å². The summed E-state index contributed by atoms with van der Waals surface area (Å²) < 4.78 is 15.9. The lowest BCUT2D eigenvalue weighted by Crippen LogP contribution is -2.47. The summed E-state index contributed by atoms with van der Waals surface area (Å²) in [4.78, 5) is 11.9. The summed E-state index contributed by atoms with van der Waals surface area (Å²) in [5.74, 6) is 0.317. The molecule has 0 aromatic carbocycles. The molecular weight excluding hydrogens is 332 g/mol. The Morgan fingerprint density at radius 1 is 1.12 bits per heavy atom.